The van der Waals surface area contributed by atoms with Gasteiger partial charge < -0.3 is 19.7 Å². The van der Waals surface area contributed by atoms with Crippen molar-refractivity contribution < 1.29 is 9.47 Å². The van der Waals surface area contributed by atoms with Crippen LogP contribution < -0.4 is 19.7 Å². The van der Waals surface area contributed by atoms with E-state index in [1.54, 1.807) is 14.2 Å². The van der Waals surface area contributed by atoms with Crippen molar-refractivity contribution in [2.45, 2.75) is 20.3 Å². The molecule has 0 aliphatic heterocycles. The number of nitrogens with zero attached hydrogens (tertiary/aromatic N) is 3. The van der Waals surface area contributed by atoms with E-state index in [0.717, 1.165) is 53.8 Å². The lowest BCUT2D eigenvalue weighted by molar-refractivity contribution is 0.354. The quantitative estimate of drug-likeness (QED) is 0.574. The fourth-order valence-electron chi connectivity index (χ4n) is 3.21. The molecule has 0 radical (unpaired) electrons. The number of nitrogens with one attached hydrogen (secondary N) is 1. The van der Waals surface area contributed by atoms with Crippen molar-refractivity contribution in [3.8, 4) is 11.5 Å². The highest BCUT2D eigenvalue weighted by molar-refractivity contribution is 5.61. The third-order valence-electron chi connectivity index (χ3n) is 4.65. The Morgan fingerprint density at radius 2 is 1.69 bits per heavy atom. The molecule has 152 valence electrons. The first-order chi connectivity index (χ1) is 14.1. The van der Waals surface area contributed by atoms with E-state index in [-0.39, 0.29) is 0 Å². The molecule has 0 aliphatic carbocycles. The largest absolute Gasteiger partial charge is 0.493 e. The molecule has 0 saturated heterocycles. The van der Waals surface area contributed by atoms with Crippen LogP contribution in [0.4, 0.5) is 17.5 Å². The average Bonchev–Trinajstić information content (AvgIpc) is 2.74. The summed E-state index contributed by atoms with van der Waals surface area (Å²) < 4.78 is 10.7. The molecule has 0 bridgehead atoms. The number of hydrogen-bond acceptors (Lipinski definition) is 6. The summed E-state index contributed by atoms with van der Waals surface area (Å²) in [6, 6.07) is 18.2. The van der Waals surface area contributed by atoms with Crippen molar-refractivity contribution in [1.82, 2.24) is 9.97 Å². The molecule has 1 aromatic heterocycles. The molecular formula is C23H28N4O2. The Bertz CT molecular complexity index is 931. The number of hydrogen-bond donors (Lipinski definition) is 1. The molecule has 0 unspecified atom stereocenters. The third kappa shape index (κ3) is 5.16. The summed E-state index contributed by atoms with van der Waals surface area (Å²) in [5.74, 6) is 2.99. The first-order valence-electron chi connectivity index (χ1n) is 9.77. The van der Waals surface area contributed by atoms with Crippen LogP contribution in [0.1, 0.15) is 18.2 Å². The van der Waals surface area contributed by atoms with Crippen LogP contribution >= 0.6 is 0 Å². The van der Waals surface area contributed by atoms with Gasteiger partial charge in [0.05, 0.1) is 14.2 Å². The van der Waals surface area contributed by atoms with E-state index in [0.29, 0.717) is 5.95 Å². The molecule has 0 atom stereocenters. The summed E-state index contributed by atoms with van der Waals surface area (Å²) in [5, 5.41) is 3.35. The molecule has 6 heteroatoms. The van der Waals surface area contributed by atoms with Crippen LogP contribution in [-0.4, -0.2) is 37.3 Å². The van der Waals surface area contributed by atoms with E-state index >= 15 is 0 Å². The number of rotatable bonds is 9. The topological polar surface area (TPSA) is 59.5 Å². The molecular weight excluding hydrogens is 364 g/mol. The van der Waals surface area contributed by atoms with Gasteiger partial charge in [-0.05, 0) is 50.1 Å². The summed E-state index contributed by atoms with van der Waals surface area (Å²) in [4.78, 5) is 11.5. The number of anilines is 3. The first-order valence-corrected chi connectivity index (χ1v) is 9.77. The van der Waals surface area contributed by atoms with Gasteiger partial charge in [-0.1, -0.05) is 24.3 Å². The molecule has 2 aromatic carbocycles. The average molecular weight is 393 g/mol. The minimum atomic E-state index is 0.634. The van der Waals surface area contributed by atoms with E-state index in [2.05, 4.69) is 34.3 Å². The van der Waals surface area contributed by atoms with E-state index in [1.165, 1.54) is 0 Å². The highest BCUT2D eigenvalue weighted by Gasteiger charge is 2.11. The van der Waals surface area contributed by atoms with Gasteiger partial charge in [0, 0.05) is 30.5 Å². The normalized spacial score (nSPS) is 10.5. The monoisotopic (exact) mass is 392 g/mol. The SMILES string of the molecule is CCN(c1ccccc1)c1cc(C)nc(NCCc2ccc(OC)c(OC)c2)n1. The van der Waals surface area contributed by atoms with Gasteiger partial charge in [0.15, 0.2) is 11.5 Å². The molecule has 6 nitrogen and oxygen atoms in total. The summed E-state index contributed by atoms with van der Waals surface area (Å²) in [6.07, 6.45) is 0.823. The minimum Gasteiger partial charge on any atom is -0.493 e. The lowest BCUT2D eigenvalue weighted by Gasteiger charge is -2.23. The standard InChI is InChI=1S/C23H28N4O2/c1-5-27(19-9-7-6-8-10-19)22-15-17(2)25-23(26-22)24-14-13-18-11-12-20(28-3)21(16-18)29-4/h6-12,15-16H,5,13-14H2,1-4H3,(H,24,25,26). The van der Waals surface area contributed by atoms with Crippen molar-refractivity contribution in [1.29, 1.82) is 0 Å². The van der Waals surface area contributed by atoms with Gasteiger partial charge in [-0.3, -0.25) is 0 Å². The Morgan fingerprint density at radius 1 is 0.931 bits per heavy atom. The van der Waals surface area contributed by atoms with E-state index < -0.39 is 0 Å². The summed E-state index contributed by atoms with van der Waals surface area (Å²) in [7, 11) is 3.29. The predicted molar refractivity (Wildman–Crippen MR) is 118 cm³/mol. The first kappa shape index (κ1) is 20.5. The second-order valence-electron chi connectivity index (χ2n) is 6.64. The smallest absolute Gasteiger partial charge is 0.224 e. The summed E-state index contributed by atoms with van der Waals surface area (Å²) >= 11 is 0. The zero-order valence-corrected chi connectivity index (χ0v) is 17.5. The molecule has 0 amide bonds. The number of aryl methyl sites for hydroxylation is 1. The van der Waals surface area contributed by atoms with Crippen LogP contribution in [-0.2, 0) is 6.42 Å². The van der Waals surface area contributed by atoms with E-state index in [1.807, 2.05) is 49.4 Å². The molecule has 0 saturated carbocycles. The fourth-order valence-corrected chi connectivity index (χ4v) is 3.21. The van der Waals surface area contributed by atoms with Gasteiger partial charge >= 0.3 is 0 Å². The highest BCUT2D eigenvalue weighted by atomic mass is 16.5. The maximum Gasteiger partial charge on any atom is 0.224 e. The van der Waals surface area contributed by atoms with Crippen LogP contribution in [0.15, 0.2) is 54.6 Å². The Morgan fingerprint density at radius 3 is 2.38 bits per heavy atom. The van der Waals surface area contributed by atoms with Gasteiger partial charge in [0.1, 0.15) is 5.82 Å². The molecule has 29 heavy (non-hydrogen) atoms. The number of benzene rings is 2. The van der Waals surface area contributed by atoms with Gasteiger partial charge in [0.2, 0.25) is 5.95 Å². The molecule has 1 heterocycles. The van der Waals surface area contributed by atoms with Crippen LogP contribution in [0.25, 0.3) is 0 Å². The van der Waals surface area contributed by atoms with Crippen LogP contribution in [0.2, 0.25) is 0 Å². The molecule has 0 fully saturated rings. The zero-order chi connectivity index (χ0) is 20.6. The number of para-hydroxylation sites is 1. The number of methoxy groups -OCH3 is 2. The summed E-state index contributed by atoms with van der Waals surface area (Å²) in [6.45, 7) is 5.65. The lowest BCUT2D eigenvalue weighted by atomic mass is 10.1. The van der Waals surface area contributed by atoms with Crippen molar-refractivity contribution in [3.05, 3.63) is 65.9 Å². The second-order valence-corrected chi connectivity index (χ2v) is 6.64. The van der Waals surface area contributed by atoms with Gasteiger partial charge in [-0.15, -0.1) is 0 Å². The summed E-state index contributed by atoms with van der Waals surface area (Å²) in [5.41, 5.74) is 3.20. The minimum absolute atomic E-state index is 0.634. The molecule has 0 spiro atoms. The Balaban J connectivity index is 1.70. The van der Waals surface area contributed by atoms with Crippen LogP contribution in [0.5, 0.6) is 11.5 Å². The van der Waals surface area contributed by atoms with Gasteiger partial charge in [0.25, 0.3) is 0 Å². The van der Waals surface area contributed by atoms with Crippen LogP contribution in [0.3, 0.4) is 0 Å². The fraction of sp³-hybridized carbons (Fsp3) is 0.304. The van der Waals surface area contributed by atoms with E-state index in [4.69, 9.17) is 14.5 Å². The maximum atomic E-state index is 5.38. The third-order valence-corrected chi connectivity index (χ3v) is 4.65. The molecule has 0 aliphatic rings. The second kappa shape index (κ2) is 9.78. The number of aromatic nitrogens is 2. The Labute approximate surface area is 172 Å². The number of ether oxygens (including phenoxy) is 2. The Hall–Kier alpha value is -3.28. The van der Waals surface area contributed by atoms with Crippen LogP contribution in [0, 0.1) is 6.92 Å². The van der Waals surface area contributed by atoms with Gasteiger partial charge in [-0.25, -0.2) is 4.98 Å². The lowest BCUT2D eigenvalue weighted by Crippen LogP contribution is -2.19. The van der Waals surface area contributed by atoms with Crippen molar-refractivity contribution >= 4 is 17.5 Å². The highest BCUT2D eigenvalue weighted by Crippen LogP contribution is 2.28. The predicted octanol–water partition coefficient (Wildman–Crippen LogP) is 4.61. The van der Waals surface area contributed by atoms with Crippen molar-refractivity contribution in [3.63, 3.8) is 0 Å². The van der Waals surface area contributed by atoms with E-state index in [9.17, 15) is 0 Å². The Kier molecular flexibility index (Phi) is 6.89. The zero-order valence-electron chi connectivity index (χ0n) is 17.5. The van der Waals surface area contributed by atoms with Gasteiger partial charge in [-0.2, -0.15) is 4.98 Å². The molecule has 1 N–H and O–H groups in total. The van der Waals surface area contributed by atoms with Crippen molar-refractivity contribution in [2.24, 2.45) is 0 Å². The maximum absolute atomic E-state index is 5.38. The molecule has 3 aromatic rings. The molecule has 3 rings (SSSR count). The van der Waals surface area contributed by atoms with Crippen molar-refractivity contribution in [2.75, 3.05) is 37.5 Å².